The van der Waals surface area contributed by atoms with Crippen molar-refractivity contribution >= 4 is 11.8 Å². The number of anilines is 1. The molecule has 0 saturated heterocycles. The third kappa shape index (κ3) is 2.45. The molecule has 0 aliphatic heterocycles. The maximum absolute atomic E-state index is 10.7. The van der Waals surface area contributed by atoms with Crippen LogP contribution in [0.1, 0.15) is 21.6 Å². The first-order valence-corrected chi connectivity index (χ1v) is 3.46. The predicted octanol–water partition coefficient (Wildman–Crippen LogP) is -2.45. The molecule has 0 saturated carbocycles. The van der Waals surface area contributed by atoms with Crippen LogP contribution in [0.4, 0.5) is 5.82 Å². The fourth-order valence-electron chi connectivity index (χ4n) is 0.983. The van der Waals surface area contributed by atoms with Crippen molar-refractivity contribution in [1.29, 1.82) is 5.26 Å². The molecule has 66 valence electrons. The largest absolute Gasteiger partial charge is 1.00 e. The molecule has 0 radical (unpaired) electrons. The topological polar surface area (TPSA) is 100 Å². The number of hydrogen-bond donors (Lipinski definition) is 2. The van der Waals surface area contributed by atoms with E-state index in [-0.39, 0.29) is 46.5 Å². The second kappa shape index (κ2) is 4.96. The van der Waals surface area contributed by atoms with Crippen molar-refractivity contribution in [3.63, 3.8) is 0 Å². The van der Waals surface area contributed by atoms with Gasteiger partial charge >= 0.3 is 35.5 Å². The van der Waals surface area contributed by atoms with E-state index in [4.69, 9.17) is 16.1 Å². The van der Waals surface area contributed by atoms with Crippen molar-refractivity contribution in [3.8, 4) is 6.07 Å². The molecule has 0 unspecified atom stereocenters. The van der Waals surface area contributed by atoms with Gasteiger partial charge in [-0.2, -0.15) is 5.26 Å². The minimum absolute atomic E-state index is 0. The fraction of sp³-hybridized carbons (Fsp3) is 0.125. The number of nitrogen functional groups attached to an aromatic ring is 1. The number of pyridine rings is 1. The van der Waals surface area contributed by atoms with Crippen molar-refractivity contribution in [2.75, 3.05) is 5.73 Å². The minimum Gasteiger partial charge on any atom is -0.478 e. The molecule has 14 heavy (non-hydrogen) atoms. The number of carboxylic acids is 1. The number of carbonyl (C=O) groups is 1. The first-order chi connectivity index (χ1) is 6.06. The first-order valence-electron chi connectivity index (χ1n) is 3.46. The smallest absolute Gasteiger partial charge is 0.478 e. The van der Waals surface area contributed by atoms with Gasteiger partial charge in [0.2, 0.25) is 0 Å². The molecule has 0 bridgehead atoms. The Balaban J connectivity index is 0.00000169. The van der Waals surface area contributed by atoms with E-state index in [1.807, 2.05) is 0 Å². The third-order valence-electron chi connectivity index (χ3n) is 1.52. The van der Waals surface area contributed by atoms with Crippen LogP contribution >= 0.6 is 0 Å². The zero-order valence-corrected chi connectivity index (χ0v) is 9.90. The molecule has 3 N–H and O–H groups in total. The van der Waals surface area contributed by atoms with Crippen LogP contribution in [0.25, 0.3) is 0 Å². The van der Waals surface area contributed by atoms with Gasteiger partial charge in [-0.15, -0.1) is 0 Å². The Morgan fingerprint density at radius 3 is 2.71 bits per heavy atom. The molecule has 6 heteroatoms. The Labute approximate surface area is 103 Å². The van der Waals surface area contributed by atoms with Gasteiger partial charge in [0, 0.05) is 5.69 Å². The molecule has 0 aromatic carbocycles. The number of rotatable bonds is 1. The van der Waals surface area contributed by atoms with E-state index >= 15 is 0 Å². The molecule has 0 spiro atoms. The van der Waals surface area contributed by atoms with Gasteiger partial charge < -0.3 is 10.8 Å². The number of aromatic nitrogens is 1. The maximum atomic E-state index is 10.7. The van der Waals surface area contributed by atoms with E-state index in [0.717, 1.165) is 0 Å². The number of carboxylic acid groups (broad SMARTS) is 1. The van der Waals surface area contributed by atoms with Gasteiger partial charge in [0.05, 0.1) is 5.56 Å². The summed E-state index contributed by atoms with van der Waals surface area (Å²) in [6, 6.07) is 3.02. The zero-order chi connectivity index (χ0) is 10.0. The quantitative estimate of drug-likeness (QED) is 0.490. The second-order valence-electron chi connectivity index (χ2n) is 2.49. The average molecular weight is 200 g/mol. The molecule has 1 aromatic rings. The number of aromatic carboxylic acids is 1. The molecule has 1 rings (SSSR count). The number of hydrogen-bond acceptors (Lipinski definition) is 4. The standard InChI is InChI=1S/C8H7N3O2.Na/c1-4-2-5(8(12)13)6(3-9)7(10)11-4;/h2H,1H3,(H2,10,11)(H,12,13);/q;+1. The summed E-state index contributed by atoms with van der Waals surface area (Å²) in [6.45, 7) is 1.62. The maximum Gasteiger partial charge on any atom is 1.00 e. The normalized spacial score (nSPS) is 8.57. The number of nitrogens with zero attached hydrogens (tertiary/aromatic N) is 2. The van der Waals surface area contributed by atoms with Crippen LogP contribution in [0.15, 0.2) is 6.07 Å². The van der Waals surface area contributed by atoms with Crippen LogP contribution in [-0.4, -0.2) is 16.1 Å². The van der Waals surface area contributed by atoms with Gasteiger partial charge in [-0.1, -0.05) is 0 Å². The SMILES string of the molecule is Cc1cc(C(=O)O)c(C#N)c(N)n1.[Na+]. The van der Waals surface area contributed by atoms with Crippen LogP contribution in [0.2, 0.25) is 0 Å². The number of nitriles is 1. The van der Waals surface area contributed by atoms with Gasteiger partial charge in [-0.05, 0) is 13.0 Å². The van der Waals surface area contributed by atoms with Gasteiger partial charge in [0.15, 0.2) is 0 Å². The van der Waals surface area contributed by atoms with E-state index in [2.05, 4.69) is 4.98 Å². The Hall–Kier alpha value is -1.09. The van der Waals surface area contributed by atoms with E-state index in [1.54, 1.807) is 13.0 Å². The molecule has 5 nitrogen and oxygen atoms in total. The van der Waals surface area contributed by atoms with Crippen molar-refractivity contribution in [2.24, 2.45) is 0 Å². The van der Waals surface area contributed by atoms with Crippen molar-refractivity contribution in [3.05, 3.63) is 22.9 Å². The fourth-order valence-corrected chi connectivity index (χ4v) is 0.983. The average Bonchev–Trinajstić information content (AvgIpc) is 2.02. The van der Waals surface area contributed by atoms with Crippen LogP contribution in [0, 0.1) is 18.3 Å². The van der Waals surface area contributed by atoms with Crippen molar-refractivity contribution in [2.45, 2.75) is 6.92 Å². The first kappa shape index (κ1) is 12.9. The van der Waals surface area contributed by atoms with Crippen molar-refractivity contribution in [1.82, 2.24) is 4.98 Å². The summed E-state index contributed by atoms with van der Waals surface area (Å²) in [6.07, 6.45) is 0. The molecular weight excluding hydrogens is 193 g/mol. The second-order valence-corrected chi connectivity index (χ2v) is 2.49. The summed E-state index contributed by atoms with van der Waals surface area (Å²) >= 11 is 0. The van der Waals surface area contributed by atoms with Crippen molar-refractivity contribution < 1.29 is 39.5 Å². The Kier molecular flexibility index (Phi) is 4.57. The molecule has 0 amide bonds. The zero-order valence-electron chi connectivity index (χ0n) is 7.90. The summed E-state index contributed by atoms with van der Waals surface area (Å²) in [5.41, 5.74) is 5.66. The summed E-state index contributed by atoms with van der Waals surface area (Å²) in [5, 5.41) is 17.3. The Morgan fingerprint density at radius 2 is 2.29 bits per heavy atom. The van der Waals surface area contributed by atoms with Crippen LogP contribution in [0.5, 0.6) is 0 Å². The summed E-state index contributed by atoms with van der Waals surface area (Å²) in [7, 11) is 0. The van der Waals surface area contributed by atoms with Crippen LogP contribution in [0.3, 0.4) is 0 Å². The summed E-state index contributed by atoms with van der Waals surface area (Å²) < 4.78 is 0. The summed E-state index contributed by atoms with van der Waals surface area (Å²) in [5.74, 6) is -1.21. The van der Waals surface area contributed by atoms with Crippen LogP contribution in [-0.2, 0) is 0 Å². The Bertz CT molecular complexity index is 412. The number of aryl methyl sites for hydroxylation is 1. The minimum atomic E-state index is -1.17. The van der Waals surface area contributed by atoms with Gasteiger partial charge in [0.1, 0.15) is 17.5 Å². The molecule has 1 aromatic heterocycles. The van der Waals surface area contributed by atoms with E-state index in [9.17, 15) is 4.79 Å². The van der Waals surface area contributed by atoms with E-state index in [1.165, 1.54) is 6.07 Å². The molecule has 1 heterocycles. The third-order valence-corrected chi connectivity index (χ3v) is 1.52. The Morgan fingerprint density at radius 1 is 1.71 bits per heavy atom. The van der Waals surface area contributed by atoms with Gasteiger partial charge in [0.25, 0.3) is 0 Å². The number of nitrogens with two attached hydrogens (primary N) is 1. The molecule has 0 aliphatic rings. The monoisotopic (exact) mass is 200 g/mol. The van der Waals surface area contributed by atoms with Crippen LogP contribution < -0.4 is 35.3 Å². The molecule has 0 atom stereocenters. The van der Waals surface area contributed by atoms with Gasteiger partial charge in [-0.25, -0.2) is 9.78 Å². The van der Waals surface area contributed by atoms with Gasteiger partial charge in [-0.3, -0.25) is 0 Å². The van der Waals surface area contributed by atoms with E-state index < -0.39 is 5.97 Å². The summed E-state index contributed by atoms with van der Waals surface area (Å²) in [4.78, 5) is 14.4. The van der Waals surface area contributed by atoms with E-state index in [0.29, 0.717) is 5.69 Å². The molecule has 0 fully saturated rings. The predicted molar refractivity (Wildman–Crippen MR) is 45.1 cm³/mol. The molecule has 0 aliphatic carbocycles. The molecular formula is C8H7N3NaO2+.